The Morgan fingerprint density at radius 2 is 1.69 bits per heavy atom. The molecule has 1 aliphatic heterocycles. The summed E-state index contributed by atoms with van der Waals surface area (Å²) in [7, 11) is 0. The average Bonchev–Trinajstić information content (AvgIpc) is 3.04. The summed E-state index contributed by atoms with van der Waals surface area (Å²) in [5.41, 5.74) is -0.779. The first-order valence-electron chi connectivity index (χ1n) is 7.63. The van der Waals surface area contributed by atoms with Crippen LogP contribution in [-0.2, 0) is 6.18 Å². The molecule has 1 fully saturated rings. The number of carbonyl (C=O) groups is 1. The number of alkyl halides is 3. The van der Waals surface area contributed by atoms with Crippen LogP contribution in [0.5, 0.6) is 0 Å². The lowest BCUT2D eigenvalue weighted by Crippen LogP contribution is -2.36. The predicted molar refractivity (Wildman–Crippen MR) is 82.7 cm³/mol. The van der Waals surface area contributed by atoms with Crippen LogP contribution in [-0.4, -0.2) is 23.9 Å². The van der Waals surface area contributed by atoms with Crippen LogP contribution in [0.2, 0.25) is 0 Å². The second kappa shape index (κ2) is 6.90. The fraction of sp³-hybridized carbons (Fsp3) is 0.375. The van der Waals surface area contributed by atoms with Crippen molar-refractivity contribution in [1.29, 1.82) is 0 Å². The molecule has 0 atom stereocenters. The Morgan fingerprint density at radius 1 is 1.12 bits per heavy atom. The van der Waals surface area contributed by atoms with E-state index < -0.39 is 45.8 Å². The van der Waals surface area contributed by atoms with Gasteiger partial charge in [0.05, 0.1) is 11.8 Å². The zero-order valence-corrected chi connectivity index (χ0v) is 13.9. The van der Waals surface area contributed by atoms with E-state index in [9.17, 15) is 31.1 Å². The summed E-state index contributed by atoms with van der Waals surface area (Å²) in [5.74, 6) is -5.09. The van der Waals surface area contributed by atoms with Crippen LogP contribution in [0, 0.1) is 23.4 Å². The molecule has 1 aromatic heterocycles. The van der Waals surface area contributed by atoms with Crippen molar-refractivity contribution in [2.24, 2.45) is 5.92 Å². The molecule has 3 nitrogen and oxygen atoms in total. The second-order valence-corrected chi connectivity index (χ2v) is 6.88. The molecule has 0 saturated carbocycles. The largest absolute Gasteiger partial charge is 0.427 e. The lowest BCUT2D eigenvalue weighted by atomic mass is 9.88. The van der Waals surface area contributed by atoms with Crippen LogP contribution in [0.1, 0.15) is 28.1 Å². The predicted octanol–water partition coefficient (Wildman–Crippen LogP) is 4.68. The number of rotatable bonds is 3. The van der Waals surface area contributed by atoms with Crippen LogP contribution in [0.15, 0.2) is 18.3 Å². The monoisotopic (exact) mass is 394 g/mol. The van der Waals surface area contributed by atoms with E-state index in [2.05, 4.69) is 4.98 Å². The number of aromatic nitrogens is 1. The van der Waals surface area contributed by atoms with Crippen LogP contribution in [0.3, 0.4) is 0 Å². The molecule has 140 valence electrons. The van der Waals surface area contributed by atoms with Gasteiger partial charge in [-0.3, -0.25) is 4.79 Å². The minimum absolute atomic E-state index is 0.183. The van der Waals surface area contributed by atoms with Crippen molar-refractivity contribution in [1.82, 2.24) is 4.98 Å². The van der Waals surface area contributed by atoms with Crippen molar-refractivity contribution in [2.75, 3.05) is 18.0 Å². The number of Topliss-reactive ketones (excluding diaryl/α,β-unsaturated/α-hetero) is 1. The van der Waals surface area contributed by atoms with E-state index in [-0.39, 0.29) is 31.1 Å². The highest BCUT2D eigenvalue weighted by atomic mass is 32.1. The average molecular weight is 394 g/mol. The molecule has 0 amide bonds. The highest BCUT2D eigenvalue weighted by Gasteiger charge is 2.35. The molecule has 10 heteroatoms. The van der Waals surface area contributed by atoms with Crippen LogP contribution in [0.25, 0.3) is 0 Å². The number of anilines is 1. The van der Waals surface area contributed by atoms with Gasteiger partial charge in [0.1, 0.15) is 22.3 Å². The molecular weight excluding hydrogens is 382 g/mol. The standard InChI is InChI=1S/C16H12F6N2OS/c17-9-5-10(18)13(11(19)6-9)14(25)8-1-3-24(4-2-8)15-23-7-12(26-15)16(20,21)22/h5-8H,1-4H2. The van der Waals surface area contributed by atoms with Gasteiger partial charge in [-0.1, -0.05) is 11.3 Å². The molecule has 3 rings (SSSR count). The Labute approximate surface area is 148 Å². The molecule has 0 unspecified atom stereocenters. The summed E-state index contributed by atoms with van der Waals surface area (Å²) in [6.45, 7) is 0.456. The minimum atomic E-state index is -4.47. The second-order valence-electron chi connectivity index (χ2n) is 5.87. The maximum absolute atomic E-state index is 13.7. The van der Waals surface area contributed by atoms with E-state index in [1.807, 2.05) is 0 Å². The molecule has 0 radical (unpaired) electrons. The molecule has 0 N–H and O–H groups in total. The fourth-order valence-electron chi connectivity index (χ4n) is 2.86. The van der Waals surface area contributed by atoms with E-state index in [0.717, 1.165) is 6.20 Å². The summed E-state index contributed by atoms with van der Waals surface area (Å²) in [5, 5.41) is 0.183. The van der Waals surface area contributed by atoms with Crippen molar-refractivity contribution in [3.05, 3.63) is 46.2 Å². The Morgan fingerprint density at radius 3 is 2.19 bits per heavy atom. The smallest absolute Gasteiger partial charge is 0.348 e. The minimum Gasteiger partial charge on any atom is -0.348 e. The number of carbonyl (C=O) groups excluding carboxylic acids is 1. The summed E-state index contributed by atoms with van der Waals surface area (Å²) in [6.07, 6.45) is -3.31. The van der Waals surface area contributed by atoms with Gasteiger partial charge in [0.2, 0.25) is 0 Å². The zero-order chi connectivity index (χ0) is 19.1. The third kappa shape index (κ3) is 3.69. The van der Waals surface area contributed by atoms with Gasteiger partial charge in [-0.25, -0.2) is 18.2 Å². The third-order valence-corrected chi connectivity index (χ3v) is 5.27. The van der Waals surface area contributed by atoms with Crippen molar-refractivity contribution in [3.63, 3.8) is 0 Å². The maximum Gasteiger partial charge on any atom is 0.427 e. The molecule has 26 heavy (non-hydrogen) atoms. The Balaban J connectivity index is 1.69. The molecule has 0 spiro atoms. The van der Waals surface area contributed by atoms with Crippen molar-refractivity contribution in [2.45, 2.75) is 19.0 Å². The van der Waals surface area contributed by atoms with Crippen molar-refractivity contribution < 1.29 is 31.1 Å². The van der Waals surface area contributed by atoms with Gasteiger partial charge in [0.25, 0.3) is 0 Å². The fourth-order valence-corrected chi connectivity index (χ4v) is 3.69. The quantitative estimate of drug-likeness (QED) is 0.560. The Kier molecular flexibility index (Phi) is 4.96. The van der Waals surface area contributed by atoms with E-state index in [1.54, 1.807) is 4.90 Å². The highest BCUT2D eigenvalue weighted by Crippen LogP contribution is 2.37. The molecule has 0 bridgehead atoms. The van der Waals surface area contributed by atoms with E-state index in [0.29, 0.717) is 23.5 Å². The number of ketones is 1. The molecule has 1 aromatic carbocycles. The molecule has 2 aromatic rings. The van der Waals surface area contributed by atoms with Gasteiger partial charge in [-0.15, -0.1) is 0 Å². The van der Waals surface area contributed by atoms with E-state index >= 15 is 0 Å². The zero-order valence-electron chi connectivity index (χ0n) is 13.1. The van der Waals surface area contributed by atoms with Crippen molar-refractivity contribution >= 4 is 22.3 Å². The summed E-state index contributed by atoms with van der Waals surface area (Å²) in [6, 6.07) is 0.888. The maximum atomic E-state index is 13.7. The van der Waals surface area contributed by atoms with E-state index in [4.69, 9.17) is 0 Å². The first kappa shape index (κ1) is 18.7. The molecule has 2 heterocycles. The molecule has 1 saturated heterocycles. The van der Waals surface area contributed by atoms with Crippen LogP contribution >= 0.6 is 11.3 Å². The Bertz CT molecular complexity index is 803. The van der Waals surface area contributed by atoms with Gasteiger partial charge < -0.3 is 4.90 Å². The highest BCUT2D eigenvalue weighted by molar-refractivity contribution is 7.15. The number of nitrogens with zero attached hydrogens (tertiary/aromatic N) is 2. The molecular formula is C16H12F6N2OS. The lowest BCUT2D eigenvalue weighted by Gasteiger charge is -2.31. The third-order valence-electron chi connectivity index (χ3n) is 4.16. The first-order chi connectivity index (χ1) is 12.2. The normalized spacial score (nSPS) is 16.2. The van der Waals surface area contributed by atoms with Gasteiger partial charge >= 0.3 is 6.18 Å². The number of benzene rings is 1. The topological polar surface area (TPSA) is 33.2 Å². The van der Waals surface area contributed by atoms with Gasteiger partial charge in [0.15, 0.2) is 10.9 Å². The van der Waals surface area contributed by atoms with Gasteiger partial charge in [0, 0.05) is 31.1 Å². The van der Waals surface area contributed by atoms with Crippen LogP contribution < -0.4 is 4.90 Å². The summed E-state index contributed by atoms with van der Waals surface area (Å²) < 4.78 is 78.4. The number of piperidine rings is 1. The summed E-state index contributed by atoms with van der Waals surface area (Å²) in [4.78, 5) is 16.9. The number of hydrogen-bond acceptors (Lipinski definition) is 4. The van der Waals surface area contributed by atoms with E-state index in [1.165, 1.54) is 0 Å². The van der Waals surface area contributed by atoms with Gasteiger partial charge in [-0.05, 0) is 12.8 Å². The van der Waals surface area contributed by atoms with Crippen LogP contribution in [0.4, 0.5) is 31.5 Å². The van der Waals surface area contributed by atoms with Gasteiger partial charge in [-0.2, -0.15) is 13.2 Å². The lowest BCUT2D eigenvalue weighted by molar-refractivity contribution is -0.134. The van der Waals surface area contributed by atoms with Crippen molar-refractivity contribution in [3.8, 4) is 0 Å². The number of halogens is 6. The molecule has 1 aliphatic rings. The SMILES string of the molecule is O=C(c1c(F)cc(F)cc1F)C1CCN(c2ncc(C(F)(F)F)s2)CC1. The number of thiazole rings is 1. The summed E-state index contributed by atoms with van der Waals surface area (Å²) >= 11 is 0.502. The first-order valence-corrected chi connectivity index (χ1v) is 8.45. The molecule has 0 aliphatic carbocycles. The number of hydrogen-bond donors (Lipinski definition) is 0. The Hall–Kier alpha value is -2.10.